The fourth-order valence-electron chi connectivity index (χ4n) is 1.62. The number of ether oxygens (including phenoxy) is 2. The normalized spacial score (nSPS) is 10.0. The van der Waals surface area contributed by atoms with Crippen LogP contribution in [0.5, 0.6) is 5.75 Å². The first-order valence-electron chi connectivity index (χ1n) is 5.75. The molecule has 0 fully saturated rings. The third-order valence-corrected chi connectivity index (χ3v) is 3.23. The first-order chi connectivity index (χ1) is 9.20. The fraction of sp³-hybridized carbons (Fsp3) is 0.133. The Hall–Kier alpha value is -1.81. The summed E-state index contributed by atoms with van der Waals surface area (Å²) in [5, 5.41) is 0. The molecule has 0 N–H and O–H groups in total. The van der Waals surface area contributed by atoms with E-state index in [0.717, 1.165) is 15.6 Å². The third kappa shape index (κ3) is 3.58. The zero-order valence-electron chi connectivity index (χ0n) is 10.4. The number of rotatable bonds is 4. The minimum Gasteiger partial charge on any atom is -0.481 e. The zero-order valence-corrected chi connectivity index (χ0v) is 12.0. The number of carbonyl (C=O) groups excluding carboxylic acids is 1. The molecule has 2 aromatic rings. The van der Waals surface area contributed by atoms with Crippen LogP contribution in [0.1, 0.15) is 0 Å². The fourth-order valence-corrected chi connectivity index (χ4v) is 2.12. The minimum absolute atomic E-state index is 0.0974. The highest BCUT2D eigenvalue weighted by Gasteiger charge is 2.07. The number of benzene rings is 2. The Morgan fingerprint density at radius 2 is 1.84 bits per heavy atom. The summed E-state index contributed by atoms with van der Waals surface area (Å²) in [5.74, 6) is 0.212. The van der Waals surface area contributed by atoms with Gasteiger partial charge in [0.1, 0.15) is 5.75 Å². The van der Waals surface area contributed by atoms with Crippen LogP contribution >= 0.6 is 15.9 Å². The van der Waals surface area contributed by atoms with Crippen LogP contribution in [0.2, 0.25) is 0 Å². The molecule has 0 saturated heterocycles. The van der Waals surface area contributed by atoms with Crippen LogP contribution in [0.15, 0.2) is 53.0 Å². The average Bonchev–Trinajstić information content (AvgIpc) is 2.46. The van der Waals surface area contributed by atoms with Gasteiger partial charge in [0.25, 0.3) is 0 Å². The van der Waals surface area contributed by atoms with E-state index in [9.17, 15) is 4.79 Å². The van der Waals surface area contributed by atoms with E-state index in [1.165, 1.54) is 7.11 Å². The lowest BCUT2D eigenvalue weighted by Crippen LogP contribution is -2.12. The Bertz CT molecular complexity index is 567. The monoisotopic (exact) mass is 320 g/mol. The average molecular weight is 321 g/mol. The standard InChI is InChI=1S/C15H13BrO3/c1-18-15(17)10-19-14-8-7-12(9-13(14)16)11-5-3-2-4-6-11/h2-9H,10H2,1H3. The summed E-state index contributed by atoms with van der Waals surface area (Å²) in [6.45, 7) is -0.0974. The van der Waals surface area contributed by atoms with E-state index in [-0.39, 0.29) is 6.61 Å². The summed E-state index contributed by atoms with van der Waals surface area (Å²) in [4.78, 5) is 11.0. The van der Waals surface area contributed by atoms with E-state index in [1.54, 1.807) is 0 Å². The van der Waals surface area contributed by atoms with Gasteiger partial charge in [-0.15, -0.1) is 0 Å². The van der Waals surface area contributed by atoms with Crippen molar-refractivity contribution in [2.75, 3.05) is 13.7 Å². The summed E-state index contributed by atoms with van der Waals surface area (Å²) in [5.41, 5.74) is 2.21. The van der Waals surface area contributed by atoms with Crippen molar-refractivity contribution in [2.24, 2.45) is 0 Å². The Morgan fingerprint density at radius 3 is 2.47 bits per heavy atom. The van der Waals surface area contributed by atoms with Gasteiger partial charge < -0.3 is 9.47 Å². The predicted octanol–water partition coefficient (Wildman–Crippen LogP) is 3.67. The molecule has 0 atom stereocenters. The molecule has 0 radical (unpaired) electrons. The number of halogens is 1. The molecule has 0 aromatic heterocycles. The van der Waals surface area contributed by atoms with E-state index < -0.39 is 5.97 Å². The molecule has 4 heteroatoms. The molecule has 0 aliphatic heterocycles. The van der Waals surface area contributed by atoms with Gasteiger partial charge in [0.15, 0.2) is 6.61 Å². The maximum Gasteiger partial charge on any atom is 0.343 e. The molecular weight excluding hydrogens is 308 g/mol. The summed E-state index contributed by atoms with van der Waals surface area (Å²) in [7, 11) is 1.33. The predicted molar refractivity (Wildman–Crippen MR) is 77.1 cm³/mol. The van der Waals surface area contributed by atoms with Gasteiger partial charge in [-0.2, -0.15) is 0 Å². The SMILES string of the molecule is COC(=O)COc1ccc(-c2ccccc2)cc1Br. The molecule has 0 saturated carbocycles. The second-order valence-corrected chi connectivity index (χ2v) is 4.73. The molecule has 98 valence electrons. The van der Waals surface area contributed by atoms with Crippen molar-refractivity contribution < 1.29 is 14.3 Å². The van der Waals surface area contributed by atoms with Gasteiger partial charge in [-0.25, -0.2) is 4.79 Å². The Kier molecular flexibility index (Phi) is 4.58. The maximum absolute atomic E-state index is 11.0. The molecule has 3 nitrogen and oxygen atoms in total. The van der Waals surface area contributed by atoms with Crippen LogP contribution < -0.4 is 4.74 Å². The summed E-state index contributed by atoms with van der Waals surface area (Å²) < 4.78 is 10.7. The largest absolute Gasteiger partial charge is 0.481 e. The van der Waals surface area contributed by atoms with E-state index in [1.807, 2.05) is 48.5 Å². The van der Waals surface area contributed by atoms with Crippen molar-refractivity contribution in [2.45, 2.75) is 0 Å². The summed E-state index contributed by atoms with van der Waals surface area (Å²) in [6, 6.07) is 15.8. The molecule has 0 unspecified atom stereocenters. The molecule has 2 aromatic carbocycles. The molecule has 2 rings (SSSR count). The smallest absolute Gasteiger partial charge is 0.343 e. The number of carbonyl (C=O) groups is 1. The maximum atomic E-state index is 11.0. The van der Waals surface area contributed by atoms with Crippen LogP contribution in [-0.4, -0.2) is 19.7 Å². The molecule has 19 heavy (non-hydrogen) atoms. The number of hydrogen-bond donors (Lipinski definition) is 0. The number of methoxy groups -OCH3 is 1. The van der Waals surface area contributed by atoms with Crippen molar-refractivity contribution in [3.8, 4) is 16.9 Å². The van der Waals surface area contributed by atoms with Gasteiger partial charge >= 0.3 is 5.97 Å². The highest BCUT2D eigenvalue weighted by molar-refractivity contribution is 9.10. The third-order valence-electron chi connectivity index (χ3n) is 2.61. The Balaban J connectivity index is 2.16. The molecule has 0 aliphatic carbocycles. The second kappa shape index (κ2) is 6.38. The van der Waals surface area contributed by atoms with E-state index in [2.05, 4.69) is 20.7 Å². The lowest BCUT2D eigenvalue weighted by atomic mass is 10.1. The molecule has 0 amide bonds. The first-order valence-corrected chi connectivity index (χ1v) is 6.54. The topological polar surface area (TPSA) is 35.5 Å². The van der Waals surface area contributed by atoms with Gasteiger partial charge in [-0.3, -0.25) is 0 Å². The summed E-state index contributed by atoms with van der Waals surface area (Å²) >= 11 is 3.44. The Labute approximate surface area is 120 Å². The Morgan fingerprint density at radius 1 is 1.11 bits per heavy atom. The van der Waals surface area contributed by atoms with Crippen LogP contribution in [0.4, 0.5) is 0 Å². The van der Waals surface area contributed by atoms with Gasteiger partial charge in [-0.05, 0) is 39.2 Å². The first kappa shape index (κ1) is 13.6. The molecule has 0 bridgehead atoms. The van der Waals surface area contributed by atoms with Crippen molar-refractivity contribution in [1.29, 1.82) is 0 Å². The lowest BCUT2D eigenvalue weighted by Gasteiger charge is -2.09. The summed E-state index contributed by atoms with van der Waals surface area (Å²) in [6.07, 6.45) is 0. The van der Waals surface area contributed by atoms with Crippen molar-refractivity contribution >= 4 is 21.9 Å². The van der Waals surface area contributed by atoms with Crippen LogP contribution in [0, 0.1) is 0 Å². The molecule has 0 spiro atoms. The molecular formula is C15H13BrO3. The van der Waals surface area contributed by atoms with Crippen molar-refractivity contribution in [3.63, 3.8) is 0 Å². The minimum atomic E-state index is -0.404. The highest BCUT2D eigenvalue weighted by Crippen LogP contribution is 2.30. The van der Waals surface area contributed by atoms with Gasteiger partial charge in [0.2, 0.25) is 0 Å². The van der Waals surface area contributed by atoms with Gasteiger partial charge in [0.05, 0.1) is 11.6 Å². The molecule has 0 aliphatic rings. The second-order valence-electron chi connectivity index (χ2n) is 3.88. The molecule has 0 heterocycles. The van der Waals surface area contributed by atoms with Crippen LogP contribution in [-0.2, 0) is 9.53 Å². The van der Waals surface area contributed by atoms with Crippen LogP contribution in [0.3, 0.4) is 0 Å². The van der Waals surface area contributed by atoms with Gasteiger partial charge in [0, 0.05) is 0 Å². The zero-order chi connectivity index (χ0) is 13.7. The van der Waals surface area contributed by atoms with Crippen LogP contribution in [0.25, 0.3) is 11.1 Å². The quantitative estimate of drug-likeness (QED) is 0.806. The van der Waals surface area contributed by atoms with Crippen molar-refractivity contribution in [1.82, 2.24) is 0 Å². The lowest BCUT2D eigenvalue weighted by molar-refractivity contribution is -0.142. The van der Waals surface area contributed by atoms with E-state index >= 15 is 0 Å². The number of esters is 1. The van der Waals surface area contributed by atoms with Gasteiger partial charge in [-0.1, -0.05) is 36.4 Å². The van der Waals surface area contributed by atoms with E-state index in [0.29, 0.717) is 5.75 Å². The van der Waals surface area contributed by atoms with E-state index in [4.69, 9.17) is 4.74 Å². The van der Waals surface area contributed by atoms with Crippen molar-refractivity contribution in [3.05, 3.63) is 53.0 Å². The number of hydrogen-bond acceptors (Lipinski definition) is 3. The highest BCUT2D eigenvalue weighted by atomic mass is 79.9.